The van der Waals surface area contributed by atoms with Crippen LogP contribution in [-0.4, -0.2) is 47.4 Å². The number of sulfonamides is 1. The molecule has 1 atom stereocenters. The largest absolute Gasteiger partial charge is 0.493 e. The Morgan fingerprint density at radius 2 is 1.72 bits per heavy atom. The zero-order chi connectivity index (χ0) is 21.4. The summed E-state index contributed by atoms with van der Waals surface area (Å²) in [7, 11) is -0.711. The van der Waals surface area contributed by atoms with Gasteiger partial charge in [0.05, 0.1) is 26.2 Å². The quantitative estimate of drug-likeness (QED) is 0.639. The van der Waals surface area contributed by atoms with Gasteiger partial charge in [0.15, 0.2) is 11.5 Å². The second kappa shape index (κ2) is 10.2. The van der Waals surface area contributed by atoms with E-state index >= 15 is 0 Å². The van der Waals surface area contributed by atoms with Crippen molar-refractivity contribution in [1.82, 2.24) is 5.32 Å². The monoisotopic (exact) mass is 420 g/mol. The molecule has 0 saturated carbocycles. The Bertz CT molecular complexity index is 916. The van der Waals surface area contributed by atoms with E-state index in [0.29, 0.717) is 17.2 Å². The van der Waals surface area contributed by atoms with Gasteiger partial charge in [0.2, 0.25) is 15.9 Å². The minimum absolute atomic E-state index is 0.0884. The number of carbonyl (C=O) groups is 1. The molecule has 0 bridgehead atoms. The van der Waals surface area contributed by atoms with E-state index in [9.17, 15) is 13.2 Å². The molecule has 0 saturated heterocycles. The summed E-state index contributed by atoms with van der Waals surface area (Å²) in [4.78, 5) is 12.5. The second-order valence-electron chi connectivity index (χ2n) is 6.80. The third-order valence-corrected chi connectivity index (χ3v) is 5.60. The number of hydrogen-bond acceptors (Lipinski definition) is 5. The molecular formula is C21H28N2O5S. The zero-order valence-corrected chi connectivity index (χ0v) is 18.0. The highest BCUT2D eigenvalue weighted by Gasteiger charge is 2.23. The maximum absolute atomic E-state index is 12.5. The first-order valence-electron chi connectivity index (χ1n) is 9.27. The highest BCUT2D eigenvalue weighted by Crippen LogP contribution is 2.32. The summed E-state index contributed by atoms with van der Waals surface area (Å²) in [5.74, 6) is 0.491. The number of benzene rings is 2. The smallest absolute Gasteiger partial charge is 0.240 e. The summed E-state index contributed by atoms with van der Waals surface area (Å²) >= 11 is 0. The van der Waals surface area contributed by atoms with Gasteiger partial charge >= 0.3 is 0 Å². The fourth-order valence-corrected chi connectivity index (χ4v) is 3.78. The van der Waals surface area contributed by atoms with Crippen molar-refractivity contribution in [3.05, 3.63) is 54.1 Å². The first kappa shape index (κ1) is 22.5. The van der Waals surface area contributed by atoms with Crippen molar-refractivity contribution < 1.29 is 22.7 Å². The van der Waals surface area contributed by atoms with Gasteiger partial charge in [-0.3, -0.25) is 9.10 Å². The lowest BCUT2D eigenvalue weighted by Gasteiger charge is -2.24. The lowest BCUT2D eigenvalue weighted by Crippen LogP contribution is -2.43. The molecule has 2 aromatic carbocycles. The number of amides is 1. The molecule has 1 amide bonds. The molecule has 0 spiro atoms. The number of nitrogens with one attached hydrogen (secondary N) is 1. The molecule has 29 heavy (non-hydrogen) atoms. The van der Waals surface area contributed by atoms with Crippen LogP contribution in [0.4, 0.5) is 5.69 Å². The van der Waals surface area contributed by atoms with Gasteiger partial charge in [0.25, 0.3) is 0 Å². The van der Waals surface area contributed by atoms with E-state index in [4.69, 9.17) is 9.47 Å². The van der Waals surface area contributed by atoms with Crippen LogP contribution in [0, 0.1) is 0 Å². The highest BCUT2D eigenvalue weighted by molar-refractivity contribution is 7.92. The lowest BCUT2D eigenvalue weighted by atomic mass is 10.1. The number of methoxy groups -OCH3 is 2. The summed E-state index contributed by atoms with van der Waals surface area (Å²) in [6, 6.07) is 14.6. The van der Waals surface area contributed by atoms with Crippen LogP contribution in [-0.2, 0) is 21.2 Å². The molecule has 0 unspecified atom stereocenters. The van der Waals surface area contributed by atoms with Gasteiger partial charge in [-0.05, 0) is 37.5 Å². The van der Waals surface area contributed by atoms with E-state index in [1.807, 2.05) is 37.3 Å². The second-order valence-corrected chi connectivity index (χ2v) is 8.71. The minimum Gasteiger partial charge on any atom is -0.493 e. The molecule has 0 aliphatic heterocycles. The van der Waals surface area contributed by atoms with Gasteiger partial charge in [-0.25, -0.2) is 8.42 Å². The number of aryl methyl sites for hydroxylation is 1. The highest BCUT2D eigenvalue weighted by atomic mass is 32.2. The molecule has 0 radical (unpaired) electrons. The first-order chi connectivity index (χ1) is 13.7. The van der Waals surface area contributed by atoms with E-state index in [2.05, 4.69) is 5.32 Å². The Hall–Kier alpha value is -2.74. The van der Waals surface area contributed by atoms with Crippen LogP contribution >= 0.6 is 0 Å². The van der Waals surface area contributed by atoms with Crippen LogP contribution in [0.2, 0.25) is 0 Å². The van der Waals surface area contributed by atoms with Crippen LogP contribution in [0.1, 0.15) is 18.9 Å². The van der Waals surface area contributed by atoms with E-state index in [0.717, 1.165) is 23.4 Å². The molecule has 2 rings (SSSR count). The Balaban J connectivity index is 2.05. The minimum atomic E-state index is -3.67. The van der Waals surface area contributed by atoms with Crippen molar-refractivity contribution >= 4 is 21.6 Å². The molecule has 0 heterocycles. The van der Waals surface area contributed by atoms with Gasteiger partial charge in [-0.2, -0.15) is 0 Å². The van der Waals surface area contributed by atoms with Crippen molar-refractivity contribution in [1.29, 1.82) is 0 Å². The van der Waals surface area contributed by atoms with Crippen molar-refractivity contribution in [2.45, 2.75) is 25.8 Å². The Morgan fingerprint density at radius 1 is 1.07 bits per heavy atom. The normalized spacial score (nSPS) is 12.1. The van der Waals surface area contributed by atoms with E-state index < -0.39 is 10.0 Å². The van der Waals surface area contributed by atoms with E-state index in [1.165, 1.54) is 25.8 Å². The molecule has 2 aromatic rings. The van der Waals surface area contributed by atoms with Crippen molar-refractivity contribution in [3.63, 3.8) is 0 Å². The van der Waals surface area contributed by atoms with E-state index in [1.54, 1.807) is 12.1 Å². The van der Waals surface area contributed by atoms with Crippen molar-refractivity contribution in [2.24, 2.45) is 0 Å². The maximum atomic E-state index is 12.5. The summed E-state index contributed by atoms with van der Waals surface area (Å²) in [5.41, 5.74) is 1.52. The van der Waals surface area contributed by atoms with Gasteiger partial charge < -0.3 is 14.8 Å². The Labute approximate surface area is 172 Å². The molecule has 7 nitrogen and oxygen atoms in total. The fraction of sp³-hybridized carbons (Fsp3) is 0.381. The molecule has 158 valence electrons. The average Bonchev–Trinajstić information content (AvgIpc) is 2.70. The molecule has 0 aromatic heterocycles. The van der Waals surface area contributed by atoms with Crippen LogP contribution in [0.15, 0.2) is 48.5 Å². The number of carbonyl (C=O) groups excluding carboxylic acids is 1. The molecule has 0 aliphatic rings. The predicted octanol–water partition coefficient (Wildman–Crippen LogP) is 2.61. The first-order valence-corrected chi connectivity index (χ1v) is 11.1. The van der Waals surface area contributed by atoms with Gasteiger partial charge in [-0.1, -0.05) is 30.3 Å². The molecule has 1 N–H and O–H groups in total. The Kier molecular flexibility index (Phi) is 7.90. The molecule has 0 aliphatic carbocycles. The van der Waals surface area contributed by atoms with Crippen molar-refractivity contribution in [2.75, 3.05) is 31.3 Å². The average molecular weight is 421 g/mol. The molecule has 8 heteroatoms. The molecular weight excluding hydrogens is 392 g/mol. The third-order valence-electron chi connectivity index (χ3n) is 4.46. The summed E-state index contributed by atoms with van der Waals surface area (Å²) in [6.07, 6.45) is 2.65. The summed E-state index contributed by atoms with van der Waals surface area (Å²) < 4.78 is 36.1. The number of rotatable bonds is 10. The lowest BCUT2D eigenvalue weighted by molar-refractivity contribution is -0.120. The summed E-state index contributed by atoms with van der Waals surface area (Å²) in [6.45, 7) is 1.59. The summed E-state index contributed by atoms with van der Waals surface area (Å²) in [5, 5.41) is 2.87. The van der Waals surface area contributed by atoms with Crippen LogP contribution in [0.5, 0.6) is 11.5 Å². The number of ether oxygens (including phenoxy) is 2. The van der Waals surface area contributed by atoms with Crippen LogP contribution in [0.3, 0.4) is 0 Å². The van der Waals surface area contributed by atoms with Gasteiger partial charge in [-0.15, -0.1) is 0 Å². The topological polar surface area (TPSA) is 84.9 Å². The van der Waals surface area contributed by atoms with Crippen LogP contribution in [0.25, 0.3) is 0 Å². The number of anilines is 1. The fourth-order valence-electron chi connectivity index (χ4n) is 2.93. The Morgan fingerprint density at radius 3 is 2.31 bits per heavy atom. The SMILES string of the molecule is COc1ccc(N(CC(=O)N[C@H](C)CCc2ccccc2)S(C)(=O)=O)cc1OC. The van der Waals surface area contributed by atoms with Gasteiger partial charge in [0.1, 0.15) is 6.54 Å². The van der Waals surface area contributed by atoms with E-state index in [-0.39, 0.29) is 18.5 Å². The molecule has 0 fully saturated rings. The van der Waals surface area contributed by atoms with Crippen molar-refractivity contribution in [3.8, 4) is 11.5 Å². The standard InChI is InChI=1S/C21H28N2O5S/c1-16(10-11-17-8-6-5-7-9-17)22-21(24)15-23(29(4,25)26)18-12-13-19(27-2)20(14-18)28-3/h5-9,12-14,16H,10-11,15H2,1-4H3,(H,22,24)/t16-/m1/s1. The third kappa shape index (κ3) is 6.67. The zero-order valence-electron chi connectivity index (χ0n) is 17.2. The van der Waals surface area contributed by atoms with Gasteiger partial charge in [0, 0.05) is 12.1 Å². The van der Waals surface area contributed by atoms with Crippen LogP contribution < -0.4 is 19.1 Å². The number of hydrogen-bond donors (Lipinski definition) is 1. The predicted molar refractivity (Wildman–Crippen MR) is 114 cm³/mol. The maximum Gasteiger partial charge on any atom is 0.240 e. The number of nitrogens with zero attached hydrogens (tertiary/aromatic N) is 1.